The van der Waals surface area contributed by atoms with E-state index < -0.39 is 0 Å². The van der Waals surface area contributed by atoms with Crippen LogP contribution in [0.5, 0.6) is 0 Å². The second kappa shape index (κ2) is 5.78. The second-order valence-electron chi connectivity index (χ2n) is 7.30. The second-order valence-corrected chi connectivity index (χ2v) is 7.30. The third kappa shape index (κ3) is 2.26. The topological polar surface area (TPSA) is 83.4 Å². The van der Waals surface area contributed by atoms with Crippen molar-refractivity contribution in [3.8, 4) is 23.0 Å². The van der Waals surface area contributed by atoms with Crippen LogP contribution in [0, 0.1) is 13.8 Å². The van der Waals surface area contributed by atoms with Crippen LogP contribution in [0.15, 0.2) is 59.4 Å². The lowest BCUT2D eigenvalue weighted by molar-refractivity contribution is 0.431. The molecule has 0 spiro atoms. The highest BCUT2D eigenvalue weighted by Gasteiger charge is 2.20. The van der Waals surface area contributed by atoms with Crippen molar-refractivity contribution in [2.75, 3.05) is 0 Å². The molecule has 0 aliphatic carbocycles. The fourth-order valence-electron chi connectivity index (χ4n) is 4.25. The van der Waals surface area contributed by atoms with Crippen LogP contribution in [-0.2, 0) is 0 Å². The van der Waals surface area contributed by atoms with Gasteiger partial charge in [0.05, 0.1) is 5.52 Å². The van der Waals surface area contributed by atoms with Crippen LogP contribution in [0.3, 0.4) is 0 Å². The largest absolute Gasteiger partial charge is 0.354 e. The molecule has 0 radical (unpaired) electrons. The first kappa shape index (κ1) is 16.1. The number of pyridine rings is 1. The van der Waals surface area contributed by atoms with Crippen molar-refractivity contribution in [1.29, 1.82) is 0 Å². The smallest absolute Gasteiger partial charge is 0.274 e. The van der Waals surface area contributed by atoms with E-state index in [0.29, 0.717) is 11.7 Å². The van der Waals surface area contributed by atoms with Crippen molar-refractivity contribution in [3.63, 3.8) is 0 Å². The van der Waals surface area contributed by atoms with Crippen molar-refractivity contribution in [2.45, 2.75) is 13.8 Å². The third-order valence-electron chi connectivity index (χ3n) is 5.64. The molecule has 6 nitrogen and oxygen atoms in total. The first-order chi connectivity index (χ1) is 14.2. The van der Waals surface area contributed by atoms with E-state index in [4.69, 9.17) is 4.52 Å². The first-order valence-corrected chi connectivity index (χ1v) is 9.47. The Hall–Kier alpha value is -3.93. The molecule has 6 heteroatoms. The van der Waals surface area contributed by atoms with Crippen LogP contribution in [0.1, 0.15) is 11.1 Å². The number of nitrogens with one attached hydrogen (secondary N) is 2. The normalized spacial score (nSPS) is 11.8. The molecule has 29 heavy (non-hydrogen) atoms. The third-order valence-corrected chi connectivity index (χ3v) is 5.64. The Morgan fingerprint density at radius 2 is 1.69 bits per heavy atom. The van der Waals surface area contributed by atoms with E-state index in [1.165, 1.54) is 21.7 Å². The molecule has 2 N–H and O–H groups in total. The highest BCUT2D eigenvalue weighted by Crippen LogP contribution is 2.37. The molecule has 0 aliphatic rings. The summed E-state index contributed by atoms with van der Waals surface area (Å²) in [6.45, 7) is 4.24. The van der Waals surface area contributed by atoms with Crippen molar-refractivity contribution in [2.24, 2.45) is 0 Å². The van der Waals surface area contributed by atoms with Gasteiger partial charge in [0.2, 0.25) is 5.82 Å². The van der Waals surface area contributed by atoms with Crippen LogP contribution >= 0.6 is 0 Å². The average molecular weight is 379 g/mol. The number of aromatic amines is 2. The Kier molecular flexibility index (Phi) is 3.20. The molecule has 6 rings (SSSR count). The monoisotopic (exact) mass is 379 g/mol. The number of hydrogen-bond acceptors (Lipinski definition) is 4. The molecule has 2 aromatic carbocycles. The zero-order chi connectivity index (χ0) is 19.5. The van der Waals surface area contributed by atoms with Gasteiger partial charge in [0.1, 0.15) is 5.69 Å². The average Bonchev–Trinajstić information content (AvgIpc) is 3.45. The Morgan fingerprint density at radius 1 is 0.862 bits per heavy atom. The number of aryl methyl sites for hydroxylation is 2. The summed E-state index contributed by atoms with van der Waals surface area (Å²) in [5.41, 5.74) is 7.42. The first-order valence-electron chi connectivity index (χ1n) is 9.47. The maximum Gasteiger partial charge on any atom is 0.274 e. The lowest BCUT2D eigenvalue weighted by Crippen LogP contribution is -1.83. The summed E-state index contributed by atoms with van der Waals surface area (Å²) < 4.78 is 5.58. The maximum atomic E-state index is 5.58. The highest BCUT2D eigenvalue weighted by atomic mass is 16.5. The van der Waals surface area contributed by atoms with Gasteiger partial charge in [-0.25, -0.2) is 0 Å². The quantitative estimate of drug-likeness (QED) is 0.414. The molecule has 0 bridgehead atoms. The summed E-state index contributed by atoms with van der Waals surface area (Å²) in [4.78, 5) is 15.7. The minimum absolute atomic E-state index is 0.485. The molecule has 4 heterocycles. The molecule has 0 saturated carbocycles. The van der Waals surface area contributed by atoms with Gasteiger partial charge in [-0.2, -0.15) is 4.98 Å². The Balaban J connectivity index is 1.57. The van der Waals surface area contributed by atoms with E-state index in [0.717, 1.165) is 33.4 Å². The molecule has 4 aromatic heterocycles. The van der Waals surface area contributed by atoms with Crippen molar-refractivity contribution < 1.29 is 4.52 Å². The summed E-state index contributed by atoms with van der Waals surface area (Å²) in [7, 11) is 0. The minimum atomic E-state index is 0.485. The molecule has 0 amide bonds. The van der Waals surface area contributed by atoms with Crippen LogP contribution in [0.25, 0.3) is 55.7 Å². The van der Waals surface area contributed by atoms with Gasteiger partial charge >= 0.3 is 0 Å². The zero-order valence-electron chi connectivity index (χ0n) is 15.9. The summed E-state index contributed by atoms with van der Waals surface area (Å²) in [6, 6.07) is 14.3. The molecular formula is C23H17N5O. The Labute approximate surface area is 165 Å². The fraction of sp³-hybridized carbons (Fsp3) is 0.0870. The molecule has 6 aromatic rings. The number of para-hydroxylation sites is 1. The van der Waals surface area contributed by atoms with Gasteiger partial charge in [-0.3, -0.25) is 4.98 Å². The molecule has 0 aliphatic heterocycles. The minimum Gasteiger partial charge on any atom is -0.354 e. The van der Waals surface area contributed by atoms with Gasteiger partial charge in [0.15, 0.2) is 0 Å². The number of hydrogen-bond donors (Lipinski definition) is 2. The SMILES string of the molecule is Cc1c(-c2nc(-c3ccncc3)no2)[nH]c2cc3c([nH]c4ccccc43)c(C)c12. The molecule has 0 saturated heterocycles. The fourth-order valence-corrected chi connectivity index (χ4v) is 4.25. The van der Waals surface area contributed by atoms with Gasteiger partial charge in [-0.1, -0.05) is 23.4 Å². The highest BCUT2D eigenvalue weighted by molar-refractivity contribution is 6.14. The number of rotatable bonds is 2. The van der Waals surface area contributed by atoms with E-state index >= 15 is 0 Å². The van der Waals surface area contributed by atoms with Gasteiger partial charge in [0, 0.05) is 45.1 Å². The van der Waals surface area contributed by atoms with Gasteiger partial charge in [-0.15, -0.1) is 0 Å². The number of aromatic nitrogens is 5. The van der Waals surface area contributed by atoms with E-state index in [1.807, 2.05) is 12.1 Å². The van der Waals surface area contributed by atoms with Crippen molar-refractivity contribution >= 4 is 32.7 Å². The number of benzene rings is 2. The van der Waals surface area contributed by atoms with Gasteiger partial charge in [0.25, 0.3) is 5.89 Å². The van der Waals surface area contributed by atoms with E-state index in [1.54, 1.807) is 12.4 Å². The van der Waals surface area contributed by atoms with Gasteiger partial charge < -0.3 is 14.5 Å². The standard InChI is InChI=1S/C23H17N5O/c1-12-19-13(2)21(23-27-22(28-29-23)14-7-9-24-10-8-14)26-18(19)11-16-15-5-3-4-6-17(15)25-20(12)16/h3-11,25-26H,1-2H3. The maximum absolute atomic E-state index is 5.58. The summed E-state index contributed by atoms with van der Waals surface area (Å²) in [6.07, 6.45) is 3.44. The van der Waals surface area contributed by atoms with Crippen molar-refractivity contribution in [3.05, 3.63) is 66.0 Å². The number of fused-ring (bicyclic) bond motifs is 4. The zero-order valence-corrected chi connectivity index (χ0v) is 15.9. The van der Waals surface area contributed by atoms with E-state index in [9.17, 15) is 0 Å². The molecular weight excluding hydrogens is 362 g/mol. The number of H-pyrrole nitrogens is 2. The number of nitrogens with zero attached hydrogens (tertiary/aromatic N) is 3. The molecule has 0 unspecified atom stereocenters. The molecule has 140 valence electrons. The predicted octanol–water partition coefficient (Wildman–Crippen LogP) is 5.53. The van der Waals surface area contributed by atoms with Crippen molar-refractivity contribution in [1.82, 2.24) is 25.1 Å². The lowest BCUT2D eigenvalue weighted by Gasteiger charge is -2.01. The summed E-state index contributed by atoms with van der Waals surface area (Å²) in [5, 5.41) is 7.76. The van der Waals surface area contributed by atoms with Crippen LogP contribution in [-0.4, -0.2) is 25.1 Å². The molecule has 0 fully saturated rings. The Bertz CT molecular complexity index is 1520. The Morgan fingerprint density at radius 3 is 2.55 bits per heavy atom. The summed E-state index contributed by atoms with van der Waals surface area (Å²) >= 11 is 0. The lowest BCUT2D eigenvalue weighted by atomic mass is 10.0. The van der Waals surface area contributed by atoms with E-state index in [2.05, 4.69) is 69.3 Å². The predicted molar refractivity (Wildman–Crippen MR) is 114 cm³/mol. The van der Waals surface area contributed by atoms with Crippen LogP contribution in [0.4, 0.5) is 0 Å². The molecule has 0 atom stereocenters. The van der Waals surface area contributed by atoms with E-state index in [-0.39, 0.29) is 0 Å². The van der Waals surface area contributed by atoms with Crippen LogP contribution < -0.4 is 0 Å². The van der Waals surface area contributed by atoms with Gasteiger partial charge in [-0.05, 0) is 49.2 Å². The van der Waals surface area contributed by atoms with Crippen LogP contribution in [0.2, 0.25) is 0 Å². The summed E-state index contributed by atoms with van der Waals surface area (Å²) in [5.74, 6) is 1.04.